The molecule has 0 saturated carbocycles. The number of rotatable bonds is 3. The van der Waals surface area contributed by atoms with E-state index in [0.29, 0.717) is 16.8 Å². The lowest BCUT2D eigenvalue weighted by Gasteiger charge is -2.25. The van der Waals surface area contributed by atoms with Crippen molar-refractivity contribution in [2.75, 3.05) is 4.90 Å². The molecule has 6 heteroatoms. The van der Waals surface area contributed by atoms with E-state index in [1.165, 1.54) is 29.2 Å². The Labute approximate surface area is 192 Å². The van der Waals surface area contributed by atoms with E-state index in [1.54, 1.807) is 24.5 Å². The first-order valence-electron chi connectivity index (χ1n) is 10.7. The lowest BCUT2D eigenvalue weighted by Crippen LogP contribution is -2.29. The highest BCUT2D eigenvalue weighted by Crippen LogP contribution is 2.42. The van der Waals surface area contributed by atoms with Crippen LogP contribution in [0, 0.1) is 12.7 Å². The van der Waals surface area contributed by atoms with Crippen molar-refractivity contribution in [1.82, 2.24) is 4.98 Å². The van der Waals surface area contributed by atoms with Crippen LogP contribution in [-0.2, 0) is 15.0 Å². The topological polar surface area (TPSA) is 70.5 Å². The minimum Gasteiger partial charge on any atom is -0.507 e. The van der Waals surface area contributed by atoms with E-state index in [9.17, 15) is 19.1 Å². The Morgan fingerprint density at radius 2 is 1.76 bits per heavy atom. The normalized spacial score (nSPS) is 18.1. The Bertz CT molecular complexity index is 1260. The molecular formula is C27H25FN2O3. The monoisotopic (exact) mass is 444 g/mol. The second-order valence-electron chi connectivity index (χ2n) is 9.21. The van der Waals surface area contributed by atoms with Gasteiger partial charge in [-0.1, -0.05) is 39.0 Å². The predicted octanol–water partition coefficient (Wildman–Crippen LogP) is 5.45. The average Bonchev–Trinajstić information content (AvgIpc) is 3.05. The second kappa shape index (κ2) is 8.28. The number of benzene rings is 2. The van der Waals surface area contributed by atoms with Crippen LogP contribution in [0.25, 0.3) is 5.76 Å². The van der Waals surface area contributed by atoms with Crippen LogP contribution < -0.4 is 4.90 Å². The van der Waals surface area contributed by atoms with Crippen molar-refractivity contribution in [2.24, 2.45) is 0 Å². The number of nitrogens with zero attached hydrogens (tertiary/aromatic N) is 2. The number of aliphatic hydroxyl groups excluding tert-OH is 1. The molecule has 168 valence electrons. The van der Waals surface area contributed by atoms with Gasteiger partial charge >= 0.3 is 0 Å². The van der Waals surface area contributed by atoms with Crippen molar-refractivity contribution in [3.8, 4) is 0 Å². The van der Waals surface area contributed by atoms with Crippen LogP contribution in [0.1, 0.15) is 49.1 Å². The zero-order valence-corrected chi connectivity index (χ0v) is 19.0. The molecule has 3 aromatic rings. The second-order valence-corrected chi connectivity index (χ2v) is 9.21. The minimum absolute atomic E-state index is 0.0218. The minimum atomic E-state index is -0.901. The van der Waals surface area contributed by atoms with Gasteiger partial charge in [-0.3, -0.25) is 19.5 Å². The molecule has 1 fully saturated rings. The summed E-state index contributed by atoms with van der Waals surface area (Å²) in [6.45, 7) is 8.02. The number of carbonyl (C=O) groups excluding carboxylic acids is 2. The summed E-state index contributed by atoms with van der Waals surface area (Å²) in [6, 6.07) is 13.6. The van der Waals surface area contributed by atoms with Crippen molar-refractivity contribution in [2.45, 2.75) is 39.2 Å². The summed E-state index contributed by atoms with van der Waals surface area (Å²) in [4.78, 5) is 31.8. The molecule has 4 rings (SSSR count). The number of hydrogen-bond donors (Lipinski definition) is 1. The third-order valence-electron chi connectivity index (χ3n) is 5.91. The number of anilines is 1. The van der Waals surface area contributed by atoms with Gasteiger partial charge in [-0.25, -0.2) is 4.39 Å². The van der Waals surface area contributed by atoms with Crippen LogP contribution in [0.5, 0.6) is 0 Å². The number of hydrogen-bond acceptors (Lipinski definition) is 4. The summed E-state index contributed by atoms with van der Waals surface area (Å²) in [5.41, 5.74) is 2.98. The molecule has 1 saturated heterocycles. The number of aryl methyl sites for hydroxylation is 1. The number of halogens is 1. The molecule has 0 spiro atoms. The number of aromatic nitrogens is 1. The van der Waals surface area contributed by atoms with Crippen LogP contribution in [0.15, 0.2) is 72.6 Å². The molecule has 1 unspecified atom stereocenters. The maximum Gasteiger partial charge on any atom is 0.300 e. The van der Waals surface area contributed by atoms with E-state index in [0.717, 1.165) is 11.1 Å². The van der Waals surface area contributed by atoms with Crippen LogP contribution >= 0.6 is 0 Å². The molecule has 1 aliphatic rings. The number of pyridine rings is 1. The van der Waals surface area contributed by atoms with Gasteiger partial charge in [0.25, 0.3) is 11.7 Å². The number of carbonyl (C=O) groups is 2. The smallest absolute Gasteiger partial charge is 0.300 e. The SMILES string of the molecule is Cc1ccc(C(C)(C)C)cc1/C(O)=C1\C(=O)C(=O)N(c2ccc(F)cc2)C1c1cccnc1. The quantitative estimate of drug-likeness (QED) is 0.331. The van der Waals surface area contributed by atoms with Crippen LogP contribution in [0.3, 0.4) is 0 Å². The molecule has 0 radical (unpaired) electrons. The first-order chi connectivity index (χ1) is 15.6. The zero-order chi connectivity index (χ0) is 23.9. The molecule has 5 nitrogen and oxygen atoms in total. The van der Waals surface area contributed by atoms with E-state index in [4.69, 9.17) is 0 Å². The van der Waals surface area contributed by atoms with Crippen LogP contribution in [0.4, 0.5) is 10.1 Å². The first-order valence-corrected chi connectivity index (χ1v) is 10.7. The highest BCUT2D eigenvalue weighted by molar-refractivity contribution is 6.51. The van der Waals surface area contributed by atoms with E-state index < -0.39 is 23.5 Å². The molecule has 33 heavy (non-hydrogen) atoms. The Kier molecular flexibility index (Phi) is 5.62. The highest BCUT2D eigenvalue weighted by Gasteiger charge is 2.47. The van der Waals surface area contributed by atoms with Gasteiger partial charge in [-0.15, -0.1) is 0 Å². The van der Waals surface area contributed by atoms with Gasteiger partial charge in [0.2, 0.25) is 0 Å². The fraction of sp³-hybridized carbons (Fsp3) is 0.222. The number of Topliss-reactive ketones (excluding diaryl/α,β-unsaturated/α-hetero) is 1. The summed E-state index contributed by atoms with van der Waals surface area (Å²) in [5.74, 6) is -2.29. The van der Waals surface area contributed by atoms with Crippen LogP contribution in [-0.4, -0.2) is 21.8 Å². The standard InChI is InChI=1S/C27H25FN2O3/c1-16-7-8-18(27(2,3)4)14-21(16)24(31)22-23(17-6-5-13-29-15-17)30(26(33)25(22)32)20-11-9-19(28)10-12-20/h5-15,23,31H,1-4H3/b24-22+. The lowest BCUT2D eigenvalue weighted by molar-refractivity contribution is -0.132. The molecule has 0 aliphatic carbocycles. The Balaban J connectivity index is 1.96. The molecule has 1 aromatic heterocycles. The number of ketones is 1. The first kappa shape index (κ1) is 22.4. The maximum absolute atomic E-state index is 13.5. The zero-order valence-electron chi connectivity index (χ0n) is 19.0. The van der Waals surface area contributed by atoms with E-state index in [2.05, 4.69) is 25.8 Å². The highest BCUT2D eigenvalue weighted by atomic mass is 19.1. The largest absolute Gasteiger partial charge is 0.507 e. The lowest BCUT2D eigenvalue weighted by atomic mass is 9.84. The maximum atomic E-state index is 13.5. The van der Waals surface area contributed by atoms with Gasteiger partial charge in [0.1, 0.15) is 11.6 Å². The number of aliphatic hydroxyl groups is 1. The van der Waals surface area contributed by atoms with Gasteiger partial charge in [-0.05, 0) is 65.4 Å². The third-order valence-corrected chi connectivity index (χ3v) is 5.91. The van der Waals surface area contributed by atoms with E-state index in [1.807, 2.05) is 25.1 Å². The molecule has 1 atom stereocenters. The summed E-state index contributed by atoms with van der Waals surface area (Å²) in [6.07, 6.45) is 3.14. The summed E-state index contributed by atoms with van der Waals surface area (Å²) >= 11 is 0. The molecule has 1 N–H and O–H groups in total. The predicted molar refractivity (Wildman–Crippen MR) is 125 cm³/mol. The van der Waals surface area contributed by atoms with Gasteiger partial charge in [0.05, 0.1) is 11.6 Å². The van der Waals surface area contributed by atoms with Crippen molar-refractivity contribution in [3.63, 3.8) is 0 Å². The molecule has 1 amide bonds. The molecule has 1 aliphatic heterocycles. The summed E-state index contributed by atoms with van der Waals surface area (Å²) < 4.78 is 13.5. The van der Waals surface area contributed by atoms with Gasteiger partial charge in [0.15, 0.2) is 0 Å². The Morgan fingerprint density at radius 1 is 1.06 bits per heavy atom. The molecule has 0 bridgehead atoms. The number of amides is 1. The van der Waals surface area contributed by atoms with Gasteiger partial charge < -0.3 is 5.11 Å². The third kappa shape index (κ3) is 4.04. The van der Waals surface area contributed by atoms with Gasteiger partial charge in [0, 0.05) is 23.6 Å². The fourth-order valence-corrected chi connectivity index (χ4v) is 4.04. The Hall–Kier alpha value is -3.80. The fourth-order valence-electron chi connectivity index (χ4n) is 4.04. The van der Waals surface area contributed by atoms with E-state index >= 15 is 0 Å². The van der Waals surface area contributed by atoms with Gasteiger partial charge in [-0.2, -0.15) is 0 Å². The molecular weight excluding hydrogens is 419 g/mol. The average molecular weight is 445 g/mol. The Morgan fingerprint density at radius 3 is 2.36 bits per heavy atom. The van der Waals surface area contributed by atoms with Crippen molar-refractivity contribution >= 4 is 23.1 Å². The molecule has 2 aromatic carbocycles. The molecule has 2 heterocycles. The summed E-state index contributed by atoms with van der Waals surface area (Å²) in [7, 11) is 0. The van der Waals surface area contributed by atoms with Crippen molar-refractivity contribution < 1.29 is 19.1 Å². The van der Waals surface area contributed by atoms with E-state index in [-0.39, 0.29) is 16.7 Å². The van der Waals surface area contributed by atoms with Crippen molar-refractivity contribution in [3.05, 3.63) is 101 Å². The van der Waals surface area contributed by atoms with Crippen molar-refractivity contribution in [1.29, 1.82) is 0 Å². The summed E-state index contributed by atoms with van der Waals surface area (Å²) in [5, 5.41) is 11.4. The van der Waals surface area contributed by atoms with Crippen LogP contribution in [0.2, 0.25) is 0 Å².